The average molecular weight is 263 g/mol. The number of hydrogen-bond acceptors (Lipinski definition) is 5. The molecule has 0 fully saturated rings. The van der Waals surface area contributed by atoms with Crippen LogP contribution >= 0.6 is 11.3 Å². The molecule has 18 heavy (non-hydrogen) atoms. The molecule has 0 saturated heterocycles. The Hall–Kier alpha value is -1.95. The highest BCUT2D eigenvalue weighted by Crippen LogP contribution is 2.16. The summed E-state index contributed by atoms with van der Waals surface area (Å²) in [5.74, 6) is -0.655. The third-order valence-corrected chi connectivity index (χ3v) is 3.64. The molecule has 0 aliphatic rings. The van der Waals surface area contributed by atoms with E-state index >= 15 is 0 Å². The van der Waals surface area contributed by atoms with Crippen LogP contribution in [-0.4, -0.2) is 27.6 Å². The lowest BCUT2D eigenvalue weighted by Gasteiger charge is -2.07. The van der Waals surface area contributed by atoms with Crippen LogP contribution in [0.15, 0.2) is 24.0 Å². The minimum absolute atomic E-state index is 0.0976. The number of rotatable bonds is 5. The number of carboxylic acids is 1. The van der Waals surface area contributed by atoms with Crippen molar-refractivity contribution in [3.63, 3.8) is 0 Å². The van der Waals surface area contributed by atoms with Crippen molar-refractivity contribution in [2.45, 2.75) is 13.3 Å². The van der Waals surface area contributed by atoms with E-state index in [0.717, 1.165) is 6.42 Å². The summed E-state index contributed by atoms with van der Waals surface area (Å²) in [6.45, 7) is 2.72. The highest BCUT2D eigenvalue weighted by atomic mass is 32.1. The molecule has 0 aliphatic heterocycles. The molecule has 0 bridgehead atoms. The van der Waals surface area contributed by atoms with E-state index in [1.54, 1.807) is 11.3 Å². The molecule has 2 rings (SSSR count). The highest BCUT2D eigenvalue weighted by molar-refractivity contribution is 7.10. The third-order valence-electron chi connectivity index (χ3n) is 2.56. The molecule has 0 spiro atoms. The van der Waals surface area contributed by atoms with Gasteiger partial charge in [0, 0.05) is 17.6 Å². The van der Waals surface area contributed by atoms with Crippen LogP contribution < -0.4 is 5.32 Å². The van der Waals surface area contributed by atoms with Gasteiger partial charge in [-0.1, -0.05) is 0 Å². The van der Waals surface area contributed by atoms with Gasteiger partial charge in [0.05, 0.1) is 0 Å². The van der Waals surface area contributed by atoms with Crippen LogP contribution in [0.3, 0.4) is 0 Å². The van der Waals surface area contributed by atoms with Gasteiger partial charge in [0.1, 0.15) is 17.7 Å². The highest BCUT2D eigenvalue weighted by Gasteiger charge is 2.10. The summed E-state index contributed by atoms with van der Waals surface area (Å²) in [5.41, 5.74) is 1.36. The van der Waals surface area contributed by atoms with Crippen LogP contribution in [0.4, 0.5) is 5.82 Å². The average Bonchev–Trinajstić information content (AvgIpc) is 2.76. The lowest BCUT2D eigenvalue weighted by atomic mass is 10.2. The molecule has 5 nitrogen and oxygen atoms in total. The molecule has 6 heteroatoms. The summed E-state index contributed by atoms with van der Waals surface area (Å²) in [4.78, 5) is 19.9. The smallest absolute Gasteiger partial charge is 0.341 e. The molecule has 94 valence electrons. The molecular weight excluding hydrogens is 250 g/mol. The number of nitrogens with one attached hydrogen (secondary N) is 1. The molecule has 0 aliphatic carbocycles. The van der Waals surface area contributed by atoms with Crippen molar-refractivity contribution in [1.29, 1.82) is 0 Å². The van der Waals surface area contributed by atoms with Crippen LogP contribution in [0.5, 0.6) is 0 Å². The first-order chi connectivity index (χ1) is 8.68. The molecule has 0 radical (unpaired) electrons. The molecular formula is C12H13N3O2S. The Labute approximate surface area is 109 Å². The number of carbonyl (C=O) groups is 1. The van der Waals surface area contributed by atoms with Crippen molar-refractivity contribution in [2.75, 3.05) is 11.9 Å². The van der Waals surface area contributed by atoms with Crippen LogP contribution in [-0.2, 0) is 6.42 Å². The number of anilines is 1. The zero-order valence-corrected chi connectivity index (χ0v) is 10.7. The predicted octanol–water partition coefficient (Wildman–Crippen LogP) is 2.20. The van der Waals surface area contributed by atoms with Crippen molar-refractivity contribution in [1.82, 2.24) is 9.97 Å². The maximum absolute atomic E-state index is 10.9. The zero-order valence-electron chi connectivity index (χ0n) is 9.88. The third kappa shape index (κ3) is 2.84. The molecule has 0 saturated carbocycles. The molecule has 0 atom stereocenters. The van der Waals surface area contributed by atoms with E-state index in [0.29, 0.717) is 12.4 Å². The summed E-state index contributed by atoms with van der Waals surface area (Å²) >= 11 is 1.71. The Morgan fingerprint density at radius 3 is 3.06 bits per heavy atom. The van der Waals surface area contributed by atoms with Gasteiger partial charge in [-0.2, -0.15) is 0 Å². The standard InChI is InChI=1S/C12H13N3O2S/c1-8-3-5-18-10(8)2-4-14-11-9(12(16)17)6-13-7-15-11/h3,5-7H,2,4H2,1H3,(H,16,17)(H,13,14,15). The number of aromatic nitrogens is 2. The summed E-state index contributed by atoms with van der Waals surface area (Å²) in [7, 11) is 0. The van der Waals surface area contributed by atoms with Crippen LogP contribution in [0.2, 0.25) is 0 Å². The first kappa shape index (κ1) is 12.5. The number of thiophene rings is 1. The van der Waals surface area contributed by atoms with Crippen LogP contribution in [0.25, 0.3) is 0 Å². The van der Waals surface area contributed by atoms with Gasteiger partial charge in [0.2, 0.25) is 0 Å². The first-order valence-corrected chi connectivity index (χ1v) is 6.36. The van der Waals surface area contributed by atoms with Crippen molar-refractivity contribution in [2.24, 2.45) is 0 Å². The maximum atomic E-state index is 10.9. The van der Waals surface area contributed by atoms with Crippen LogP contribution in [0, 0.1) is 6.92 Å². The minimum Gasteiger partial charge on any atom is -0.477 e. The van der Waals surface area contributed by atoms with Gasteiger partial charge in [-0.15, -0.1) is 11.3 Å². The Kier molecular flexibility index (Phi) is 3.88. The van der Waals surface area contributed by atoms with E-state index in [1.807, 2.05) is 0 Å². The Bertz CT molecular complexity index is 554. The van der Waals surface area contributed by atoms with Gasteiger partial charge in [-0.3, -0.25) is 0 Å². The van der Waals surface area contributed by atoms with Gasteiger partial charge in [0.25, 0.3) is 0 Å². The number of nitrogens with zero attached hydrogens (tertiary/aromatic N) is 2. The summed E-state index contributed by atoms with van der Waals surface area (Å²) in [6.07, 6.45) is 3.49. The van der Waals surface area contributed by atoms with Gasteiger partial charge < -0.3 is 10.4 Å². The summed E-state index contributed by atoms with van der Waals surface area (Å²) in [5, 5.41) is 14.1. The summed E-state index contributed by atoms with van der Waals surface area (Å²) < 4.78 is 0. The molecule has 0 aromatic carbocycles. The first-order valence-electron chi connectivity index (χ1n) is 5.48. The quantitative estimate of drug-likeness (QED) is 0.865. The Balaban J connectivity index is 1.99. The molecule has 0 amide bonds. The van der Waals surface area contributed by atoms with Crippen molar-refractivity contribution < 1.29 is 9.90 Å². The van der Waals surface area contributed by atoms with Crippen molar-refractivity contribution >= 4 is 23.1 Å². The SMILES string of the molecule is Cc1ccsc1CCNc1ncncc1C(=O)O. The van der Waals surface area contributed by atoms with E-state index in [-0.39, 0.29) is 5.56 Å². The van der Waals surface area contributed by atoms with E-state index in [9.17, 15) is 4.79 Å². The summed E-state index contributed by atoms with van der Waals surface area (Å²) in [6, 6.07) is 2.08. The molecule has 2 aromatic rings. The molecule has 2 heterocycles. The lowest BCUT2D eigenvalue weighted by molar-refractivity contribution is 0.0697. The van der Waals surface area contributed by atoms with E-state index in [4.69, 9.17) is 5.11 Å². The van der Waals surface area contributed by atoms with Gasteiger partial charge in [-0.25, -0.2) is 14.8 Å². The Morgan fingerprint density at radius 1 is 1.56 bits per heavy atom. The normalized spacial score (nSPS) is 10.3. The van der Waals surface area contributed by atoms with Crippen molar-refractivity contribution in [3.8, 4) is 0 Å². The van der Waals surface area contributed by atoms with E-state index in [1.165, 1.54) is 23.0 Å². The minimum atomic E-state index is -1.02. The van der Waals surface area contributed by atoms with Gasteiger partial charge >= 0.3 is 5.97 Å². The number of carboxylic acid groups (broad SMARTS) is 1. The monoisotopic (exact) mass is 263 g/mol. The second-order valence-electron chi connectivity index (χ2n) is 3.79. The second kappa shape index (κ2) is 5.59. The second-order valence-corrected chi connectivity index (χ2v) is 4.79. The fourth-order valence-corrected chi connectivity index (χ4v) is 2.49. The number of aromatic carboxylic acids is 1. The van der Waals surface area contributed by atoms with Crippen LogP contribution in [0.1, 0.15) is 20.8 Å². The Morgan fingerprint density at radius 2 is 2.39 bits per heavy atom. The maximum Gasteiger partial charge on any atom is 0.341 e. The number of aryl methyl sites for hydroxylation is 1. The fourth-order valence-electron chi connectivity index (χ4n) is 1.58. The fraction of sp³-hybridized carbons (Fsp3) is 0.250. The van der Waals surface area contributed by atoms with Crippen molar-refractivity contribution in [3.05, 3.63) is 40.0 Å². The van der Waals surface area contributed by atoms with Gasteiger partial charge in [-0.05, 0) is 30.4 Å². The molecule has 2 aromatic heterocycles. The molecule has 0 unspecified atom stereocenters. The van der Waals surface area contributed by atoms with Gasteiger partial charge in [0.15, 0.2) is 0 Å². The number of hydrogen-bond donors (Lipinski definition) is 2. The molecule has 2 N–H and O–H groups in total. The van der Waals surface area contributed by atoms with E-state index < -0.39 is 5.97 Å². The lowest BCUT2D eigenvalue weighted by Crippen LogP contribution is -2.11. The van der Waals surface area contributed by atoms with E-state index in [2.05, 4.69) is 33.7 Å². The predicted molar refractivity (Wildman–Crippen MR) is 70.2 cm³/mol. The topological polar surface area (TPSA) is 75.1 Å². The largest absolute Gasteiger partial charge is 0.477 e. The zero-order chi connectivity index (χ0) is 13.0.